The van der Waals surface area contributed by atoms with Gasteiger partial charge in [0.05, 0.1) is 4.47 Å². The first-order chi connectivity index (χ1) is 15.8. The van der Waals surface area contributed by atoms with Gasteiger partial charge in [0.15, 0.2) is 6.61 Å². The van der Waals surface area contributed by atoms with E-state index < -0.39 is 5.91 Å². The quantitative estimate of drug-likeness (QED) is 0.294. The number of hydrogen-bond acceptors (Lipinski definition) is 4. The van der Waals surface area contributed by atoms with E-state index in [0.29, 0.717) is 32.2 Å². The van der Waals surface area contributed by atoms with Crippen molar-refractivity contribution >= 4 is 56.8 Å². The number of hydrogen-bond donors (Lipinski definition) is 2. The number of halogens is 2. The molecule has 3 aromatic carbocycles. The van der Waals surface area contributed by atoms with Crippen LogP contribution >= 0.6 is 27.5 Å². The zero-order valence-electron chi connectivity index (χ0n) is 17.6. The molecule has 0 bridgehead atoms. The number of carbonyl (C=O) groups excluding carboxylic acids is 2. The molecule has 2 amide bonds. The molecule has 0 saturated carbocycles. The van der Waals surface area contributed by atoms with Crippen LogP contribution in [0.3, 0.4) is 0 Å². The minimum absolute atomic E-state index is 0.0431. The van der Waals surface area contributed by atoms with E-state index >= 15 is 0 Å². The van der Waals surface area contributed by atoms with Crippen molar-refractivity contribution in [2.24, 2.45) is 0 Å². The Kier molecular flexibility index (Phi) is 8.25. The van der Waals surface area contributed by atoms with Crippen LogP contribution in [0.2, 0.25) is 5.02 Å². The highest BCUT2D eigenvalue weighted by atomic mass is 79.9. The largest absolute Gasteiger partial charge is 0.483 e. The summed E-state index contributed by atoms with van der Waals surface area (Å²) in [4.78, 5) is 24.5. The zero-order valence-corrected chi connectivity index (χ0v) is 19.9. The van der Waals surface area contributed by atoms with Crippen molar-refractivity contribution in [3.8, 4) is 11.8 Å². The molecule has 166 valence electrons. The Balaban J connectivity index is 1.62. The van der Waals surface area contributed by atoms with Crippen molar-refractivity contribution in [3.63, 3.8) is 0 Å². The number of aryl methyl sites for hydroxylation is 1. The number of carbonyl (C=O) groups is 2. The number of nitrogens with zero attached hydrogens (tertiary/aromatic N) is 1. The maximum atomic E-state index is 12.4. The first kappa shape index (κ1) is 24.1. The third-order valence-corrected chi connectivity index (χ3v) is 5.30. The summed E-state index contributed by atoms with van der Waals surface area (Å²) < 4.78 is 6.14. The number of ether oxygens (including phenoxy) is 1. The van der Waals surface area contributed by atoms with Crippen molar-refractivity contribution in [1.82, 2.24) is 0 Å². The van der Waals surface area contributed by atoms with Crippen molar-refractivity contribution in [1.29, 1.82) is 5.26 Å². The van der Waals surface area contributed by atoms with E-state index in [9.17, 15) is 14.9 Å². The lowest BCUT2D eigenvalue weighted by Crippen LogP contribution is -2.20. The smallest absolute Gasteiger partial charge is 0.266 e. The highest BCUT2D eigenvalue weighted by Gasteiger charge is 2.11. The van der Waals surface area contributed by atoms with E-state index in [1.54, 1.807) is 54.6 Å². The van der Waals surface area contributed by atoms with Gasteiger partial charge < -0.3 is 15.4 Å². The molecule has 0 atom stereocenters. The van der Waals surface area contributed by atoms with Crippen molar-refractivity contribution < 1.29 is 14.3 Å². The lowest BCUT2D eigenvalue weighted by molar-refractivity contribution is -0.118. The van der Waals surface area contributed by atoms with Gasteiger partial charge in [-0.05, 0) is 83.0 Å². The van der Waals surface area contributed by atoms with Crippen LogP contribution in [-0.2, 0) is 9.59 Å². The maximum absolute atomic E-state index is 12.4. The van der Waals surface area contributed by atoms with E-state index in [-0.39, 0.29) is 18.1 Å². The predicted molar refractivity (Wildman–Crippen MR) is 133 cm³/mol. The van der Waals surface area contributed by atoms with Gasteiger partial charge in [-0.15, -0.1) is 0 Å². The molecule has 2 N–H and O–H groups in total. The van der Waals surface area contributed by atoms with Gasteiger partial charge in [0, 0.05) is 16.4 Å². The van der Waals surface area contributed by atoms with Gasteiger partial charge in [-0.2, -0.15) is 5.26 Å². The van der Waals surface area contributed by atoms with Gasteiger partial charge in [0.1, 0.15) is 17.4 Å². The molecule has 0 aliphatic heterocycles. The molecule has 0 aromatic heterocycles. The summed E-state index contributed by atoms with van der Waals surface area (Å²) in [5.74, 6) is -0.384. The molecule has 0 fully saturated rings. The molecule has 0 unspecified atom stereocenters. The molecule has 6 nitrogen and oxygen atoms in total. The first-order valence-corrected chi connectivity index (χ1v) is 11.0. The third kappa shape index (κ3) is 7.21. The average molecular weight is 525 g/mol. The minimum atomic E-state index is -0.503. The predicted octanol–water partition coefficient (Wildman–Crippen LogP) is 5.97. The molecular weight excluding hydrogens is 506 g/mol. The maximum Gasteiger partial charge on any atom is 0.266 e. The third-order valence-electron chi connectivity index (χ3n) is 4.43. The Hall–Kier alpha value is -3.60. The fraction of sp³-hybridized carbons (Fsp3) is 0.0800. The van der Waals surface area contributed by atoms with E-state index in [0.717, 1.165) is 5.56 Å². The Morgan fingerprint density at radius 2 is 1.67 bits per heavy atom. The monoisotopic (exact) mass is 523 g/mol. The number of anilines is 2. The standard InChI is InChI=1S/C25H19BrClN3O3/c1-16-2-7-21(8-3-16)30-25(32)18(14-28)12-17-4-11-23(22(26)13-17)33-15-24(31)29-20-9-5-19(27)6-10-20/h2-13H,15H2,1H3,(H,29,31)(H,30,32)/b18-12+. The highest BCUT2D eigenvalue weighted by Crippen LogP contribution is 2.27. The van der Waals surface area contributed by atoms with Gasteiger partial charge in [0.25, 0.3) is 11.8 Å². The second kappa shape index (κ2) is 11.3. The first-order valence-electron chi connectivity index (χ1n) is 9.81. The Bertz CT molecular complexity index is 1230. The molecule has 8 heteroatoms. The summed E-state index contributed by atoms with van der Waals surface area (Å²) in [5.41, 5.74) is 2.86. The molecule has 0 aliphatic carbocycles. The number of amides is 2. The fourth-order valence-electron chi connectivity index (χ4n) is 2.75. The second-order valence-corrected chi connectivity index (χ2v) is 8.31. The van der Waals surface area contributed by atoms with E-state index in [4.69, 9.17) is 16.3 Å². The Labute approximate surface area is 205 Å². The van der Waals surface area contributed by atoms with Gasteiger partial charge in [-0.1, -0.05) is 35.4 Å². The lowest BCUT2D eigenvalue weighted by Gasteiger charge is -2.10. The number of nitriles is 1. The fourth-order valence-corrected chi connectivity index (χ4v) is 3.39. The van der Waals surface area contributed by atoms with Crippen LogP contribution in [0.5, 0.6) is 5.75 Å². The minimum Gasteiger partial charge on any atom is -0.483 e. The summed E-state index contributed by atoms with van der Waals surface area (Å²) >= 11 is 9.23. The lowest BCUT2D eigenvalue weighted by atomic mass is 10.1. The number of benzene rings is 3. The molecular formula is C25H19BrClN3O3. The van der Waals surface area contributed by atoms with E-state index in [1.165, 1.54) is 6.08 Å². The van der Waals surface area contributed by atoms with Crippen LogP contribution in [0.25, 0.3) is 6.08 Å². The summed E-state index contributed by atoms with van der Waals surface area (Å²) in [7, 11) is 0. The van der Waals surface area contributed by atoms with Crippen LogP contribution in [-0.4, -0.2) is 18.4 Å². The molecule has 0 radical (unpaired) electrons. The molecule has 0 saturated heterocycles. The summed E-state index contributed by atoms with van der Waals surface area (Å²) in [5, 5.41) is 15.4. The molecule has 0 spiro atoms. The van der Waals surface area contributed by atoms with E-state index in [2.05, 4.69) is 26.6 Å². The zero-order chi connectivity index (χ0) is 23.8. The van der Waals surface area contributed by atoms with Gasteiger partial charge in [-0.25, -0.2) is 0 Å². The second-order valence-electron chi connectivity index (χ2n) is 7.02. The Morgan fingerprint density at radius 3 is 2.30 bits per heavy atom. The molecule has 0 aliphatic rings. The van der Waals surface area contributed by atoms with Crippen LogP contribution < -0.4 is 15.4 Å². The molecule has 3 aromatic rings. The highest BCUT2D eigenvalue weighted by molar-refractivity contribution is 9.10. The number of rotatable bonds is 7. The van der Waals surface area contributed by atoms with Gasteiger partial charge in [-0.3, -0.25) is 9.59 Å². The summed E-state index contributed by atoms with van der Waals surface area (Å²) in [6.45, 7) is 1.75. The SMILES string of the molecule is Cc1ccc(NC(=O)/C(C#N)=C/c2ccc(OCC(=O)Nc3ccc(Cl)cc3)c(Br)c2)cc1. The van der Waals surface area contributed by atoms with E-state index in [1.807, 2.05) is 25.1 Å². The van der Waals surface area contributed by atoms with Crippen LogP contribution in [0, 0.1) is 18.3 Å². The number of nitrogens with one attached hydrogen (secondary N) is 2. The summed E-state index contributed by atoms with van der Waals surface area (Å²) in [6, 6.07) is 21.0. The van der Waals surface area contributed by atoms with Crippen LogP contribution in [0.4, 0.5) is 11.4 Å². The molecule has 0 heterocycles. The van der Waals surface area contributed by atoms with Crippen molar-refractivity contribution in [2.75, 3.05) is 17.2 Å². The van der Waals surface area contributed by atoms with Gasteiger partial charge >= 0.3 is 0 Å². The normalized spacial score (nSPS) is 10.8. The van der Waals surface area contributed by atoms with Crippen molar-refractivity contribution in [2.45, 2.75) is 6.92 Å². The molecule has 3 rings (SSSR count). The van der Waals surface area contributed by atoms with Gasteiger partial charge in [0.2, 0.25) is 0 Å². The summed E-state index contributed by atoms with van der Waals surface area (Å²) in [6.07, 6.45) is 1.48. The Morgan fingerprint density at radius 1 is 1.03 bits per heavy atom. The topological polar surface area (TPSA) is 91.2 Å². The van der Waals surface area contributed by atoms with Crippen LogP contribution in [0.15, 0.2) is 76.8 Å². The van der Waals surface area contributed by atoms with Crippen molar-refractivity contribution in [3.05, 3.63) is 92.9 Å². The van der Waals surface area contributed by atoms with Crippen LogP contribution in [0.1, 0.15) is 11.1 Å². The average Bonchev–Trinajstić information content (AvgIpc) is 2.80. The molecule has 33 heavy (non-hydrogen) atoms.